The Labute approximate surface area is 169 Å². The average molecular weight is 410 g/mol. The van der Waals surface area contributed by atoms with Crippen LogP contribution in [0.25, 0.3) is 0 Å². The highest BCUT2D eigenvalue weighted by atomic mass is 35.5. The first-order valence-corrected chi connectivity index (χ1v) is 10.1. The predicted octanol–water partition coefficient (Wildman–Crippen LogP) is 1.47. The summed E-state index contributed by atoms with van der Waals surface area (Å²) in [6.45, 7) is 4.03. The zero-order valence-electron chi connectivity index (χ0n) is 16.6. The molecular weight excluding hydrogens is 382 g/mol. The molecule has 2 fully saturated rings. The maximum Gasteiger partial charge on any atom is 0.276 e. The molecule has 0 spiro atoms. The summed E-state index contributed by atoms with van der Waals surface area (Å²) in [5, 5.41) is 7.21. The Balaban J connectivity index is 1.90. The van der Waals surface area contributed by atoms with Crippen molar-refractivity contribution in [2.75, 3.05) is 6.54 Å². The van der Waals surface area contributed by atoms with E-state index >= 15 is 0 Å². The smallest absolute Gasteiger partial charge is 0.276 e. The fraction of sp³-hybridized carbons (Fsp3) is 0.684. The van der Waals surface area contributed by atoms with Gasteiger partial charge in [0.05, 0.1) is 17.0 Å². The molecule has 0 aliphatic carbocycles. The number of carbonyl (C=O) groups excluding carboxylic acids is 3. The lowest BCUT2D eigenvalue weighted by Crippen LogP contribution is -2.51. The minimum Gasteiger partial charge on any atom is -0.368 e. The molecule has 154 valence electrons. The van der Waals surface area contributed by atoms with Gasteiger partial charge >= 0.3 is 0 Å². The number of amides is 3. The Kier molecular flexibility index (Phi) is 5.70. The number of nitrogens with two attached hydrogens (primary N) is 1. The molecule has 8 nitrogen and oxygen atoms in total. The Morgan fingerprint density at radius 2 is 2.11 bits per heavy atom. The van der Waals surface area contributed by atoms with Gasteiger partial charge in [-0.25, -0.2) is 0 Å². The summed E-state index contributed by atoms with van der Waals surface area (Å²) in [6, 6.07) is -0.253. The van der Waals surface area contributed by atoms with E-state index in [0.29, 0.717) is 23.8 Å². The Bertz CT molecular complexity index is 793. The number of aryl methyl sites for hydroxylation is 1. The number of rotatable bonds is 7. The van der Waals surface area contributed by atoms with Crippen molar-refractivity contribution >= 4 is 29.3 Å². The standard InChI is InChI=1S/C19H28ClN5O3/c1-11(2)6-7-19(18(28)22-9-15(21)26)8-12-4-5-14(19)25(12)17(27)16-13(20)10-24(3)23-16/h10-12,14H,4-9H2,1-3H3,(H2,21,26)(H,22,28)/t12-,14+,19+/m1/s1. The molecule has 0 saturated carbocycles. The third-order valence-electron chi connectivity index (χ3n) is 6.00. The molecular formula is C19H28ClN5O3. The van der Waals surface area contributed by atoms with Gasteiger partial charge < -0.3 is 16.0 Å². The van der Waals surface area contributed by atoms with E-state index in [1.54, 1.807) is 18.1 Å². The van der Waals surface area contributed by atoms with Crippen LogP contribution in [0.1, 0.15) is 56.4 Å². The van der Waals surface area contributed by atoms with Crippen LogP contribution in [-0.4, -0.2) is 51.0 Å². The van der Waals surface area contributed by atoms with Gasteiger partial charge in [0.15, 0.2) is 5.69 Å². The van der Waals surface area contributed by atoms with Crippen LogP contribution in [0, 0.1) is 11.3 Å². The van der Waals surface area contributed by atoms with Crippen molar-refractivity contribution in [1.29, 1.82) is 0 Å². The van der Waals surface area contributed by atoms with E-state index in [4.69, 9.17) is 17.3 Å². The number of hydrogen-bond donors (Lipinski definition) is 2. The van der Waals surface area contributed by atoms with E-state index < -0.39 is 11.3 Å². The molecule has 2 aliphatic rings. The van der Waals surface area contributed by atoms with Gasteiger partial charge in [0.25, 0.3) is 5.91 Å². The number of nitrogens with one attached hydrogen (secondary N) is 1. The highest BCUT2D eigenvalue weighted by molar-refractivity contribution is 6.33. The first kappa shape index (κ1) is 20.6. The molecule has 3 heterocycles. The van der Waals surface area contributed by atoms with E-state index in [-0.39, 0.29) is 36.1 Å². The van der Waals surface area contributed by atoms with E-state index in [0.717, 1.165) is 19.3 Å². The van der Waals surface area contributed by atoms with Crippen LogP contribution in [0.4, 0.5) is 0 Å². The molecule has 0 radical (unpaired) electrons. The maximum absolute atomic E-state index is 13.2. The van der Waals surface area contributed by atoms with Crippen molar-refractivity contribution < 1.29 is 14.4 Å². The van der Waals surface area contributed by atoms with Crippen molar-refractivity contribution in [2.45, 2.75) is 58.0 Å². The average Bonchev–Trinajstić information content (AvgIpc) is 3.28. The Morgan fingerprint density at radius 1 is 1.39 bits per heavy atom. The second kappa shape index (κ2) is 7.73. The summed E-state index contributed by atoms with van der Waals surface area (Å²) in [7, 11) is 1.71. The fourth-order valence-electron chi connectivity index (χ4n) is 4.73. The lowest BCUT2D eigenvalue weighted by Gasteiger charge is -2.36. The molecule has 3 N–H and O–H groups in total. The molecule has 1 aromatic heterocycles. The van der Waals surface area contributed by atoms with Crippen LogP contribution < -0.4 is 11.1 Å². The van der Waals surface area contributed by atoms with Gasteiger partial charge in [-0.15, -0.1) is 0 Å². The third kappa shape index (κ3) is 3.62. The summed E-state index contributed by atoms with van der Waals surface area (Å²) < 4.78 is 1.51. The summed E-state index contributed by atoms with van der Waals surface area (Å²) >= 11 is 6.19. The van der Waals surface area contributed by atoms with Gasteiger partial charge in [-0.1, -0.05) is 25.4 Å². The third-order valence-corrected chi connectivity index (χ3v) is 6.28. The molecule has 0 unspecified atom stereocenters. The largest absolute Gasteiger partial charge is 0.368 e. The topological polar surface area (TPSA) is 110 Å². The number of fused-ring (bicyclic) bond motifs is 2. The summed E-state index contributed by atoms with van der Waals surface area (Å²) in [6.07, 6.45) is 5.32. The number of hydrogen-bond acceptors (Lipinski definition) is 4. The minimum absolute atomic E-state index is 0.0259. The van der Waals surface area contributed by atoms with Crippen molar-refractivity contribution in [1.82, 2.24) is 20.0 Å². The van der Waals surface area contributed by atoms with Gasteiger partial charge in [-0.05, 0) is 38.0 Å². The highest BCUT2D eigenvalue weighted by Gasteiger charge is 2.61. The first-order chi connectivity index (χ1) is 13.2. The van der Waals surface area contributed by atoms with Crippen molar-refractivity contribution in [3.05, 3.63) is 16.9 Å². The van der Waals surface area contributed by atoms with E-state index in [1.807, 2.05) is 0 Å². The highest BCUT2D eigenvalue weighted by Crippen LogP contribution is 2.53. The van der Waals surface area contributed by atoms with Gasteiger partial charge in [0, 0.05) is 25.3 Å². The van der Waals surface area contributed by atoms with Crippen molar-refractivity contribution in [3.63, 3.8) is 0 Å². The second-order valence-electron chi connectivity index (χ2n) is 8.40. The lowest BCUT2D eigenvalue weighted by molar-refractivity contribution is -0.135. The van der Waals surface area contributed by atoms with Gasteiger partial charge in [0.2, 0.25) is 11.8 Å². The molecule has 2 bridgehead atoms. The molecule has 3 rings (SSSR count). The lowest BCUT2D eigenvalue weighted by atomic mass is 9.69. The fourth-order valence-corrected chi connectivity index (χ4v) is 4.99. The zero-order chi connectivity index (χ0) is 20.6. The number of primary amides is 1. The van der Waals surface area contributed by atoms with Crippen LogP contribution in [0.3, 0.4) is 0 Å². The van der Waals surface area contributed by atoms with Crippen LogP contribution in [0.2, 0.25) is 5.02 Å². The second-order valence-corrected chi connectivity index (χ2v) is 8.81. The summed E-state index contributed by atoms with van der Waals surface area (Å²) in [4.78, 5) is 39.3. The van der Waals surface area contributed by atoms with Crippen molar-refractivity contribution in [3.8, 4) is 0 Å². The number of carbonyl (C=O) groups is 3. The zero-order valence-corrected chi connectivity index (χ0v) is 17.3. The predicted molar refractivity (Wildman–Crippen MR) is 105 cm³/mol. The van der Waals surface area contributed by atoms with Crippen LogP contribution in [-0.2, 0) is 16.6 Å². The number of halogens is 1. The Morgan fingerprint density at radius 3 is 2.68 bits per heavy atom. The van der Waals surface area contributed by atoms with Crippen LogP contribution in [0.5, 0.6) is 0 Å². The maximum atomic E-state index is 13.2. The SMILES string of the molecule is CC(C)CC[C@]1(C(=O)NCC(N)=O)C[C@H]2CC[C@@H]1N2C(=O)c1nn(C)cc1Cl. The number of nitrogens with zero attached hydrogens (tertiary/aromatic N) is 3. The molecule has 1 aromatic rings. The summed E-state index contributed by atoms with van der Waals surface area (Å²) in [5.74, 6) is -0.575. The van der Waals surface area contributed by atoms with E-state index in [1.165, 1.54) is 4.68 Å². The minimum atomic E-state index is -0.709. The van der Waals surface area contributed by atoms with Gasteiger partial charge in [-0.3, -0.25) is 19.1 Å². The quantitative estimate of drug-likeness (QED) is 0.710. The van der Waals surface area contributed by atoms with Crippen LogP contribution in [0.15, 0.2) is 6.20 Å². The van der Waals surface area contributed by atoms with Crippen LogP contribution >= 0.6 is 11.6 Å². The summed E-state index contributed by atoms with van der Waals surface area (Å²) in [5.41, 5.74) is 4.72. The normalized spacial score (nSPS) is 26.1. The van der Waals surface area contributed by atoms with Gasteiger partial charge in [0.1, 0.15) is 0 Å². The first-order valence-electron chi connectivity index (χ1n) is 9.74. The molecule has 2 saturated heterocycles. The molecule has 2 aliphatic heterocycles. The van der Waals surface area contributed by atoms with E-state index in [9.17, 15) is 14.4 Å². The molecule has 28 heavy (non-hydrogen) atoms. The van der Waals surface area contributed by atoms with E-state index in [2.05, 4.69) is 24.3 Å². The molecule has 0 aromatic carbocycles. The molecule has 3 amide bonds. The van der Waals surface area contributed by atoms with Gasteiger partial charge in [-0.2, -0.15) is 5.10 Å². The Hall–Kier alpha value is -2.09. The number of aromatic nitrogens is 2. The monoisotopic (exact) mass is 409 g/mol. The molecule has 3 atom stereocenters. The molecule has 9 heteroatoms. The van der Waals surface area contributed by atoms with Crippen molar-refractivity contribution in [2.24, 2.45) is 24.1 Å².